The molecule has 24 heavy (non-hydrogen) atoms. The number of aliphatic carboxylic acids is 1. The molecule has 2 N–H and O–H groups in total. The number of carboxylic acids is 1. The Labute approximate surface area is 148 Å². The fourth-order valence-electron chi connectivity index (χ4n) is 3.05. The molecule has 0 amide bonds. The van der Waals surface area contributed by atoms with Crippen molar-refractivity contribution < 1.29 is 19.8 Å². The van der Waals surface area contributed by atoms with Crippen molar-refractivity contribution in [1.82, 2.24) is 0 Å². The zero-order valence-corrected chi connectivity index (χ0v) is 15.8. The lowest BCUT2D eigenvalue weighted by Gasteiger charge is -2.18. The van der Waals surface area contributed by atoms with Gasteiger partial charge in [-0.1, -0.05) is 84.5 Å². The average Bonchev–Trinajstić information content (AvgIpc) is 2.53. The van der Waals surface area contributed by atoms with Crippen LogP contribution < -0.4 is 0 Å². The molecule has 4 nitrogen and oxygen atoms in total. The summed E-state index contributed by atoms with van der Waals surface area (Å²) in [5.41, 5.74) is 0. The molecule has 2 unspecified atom stereocenters. The maximum Gasteiger partial charge on any atom is 0.316 e. The van der Waals surface area contributed by atoms with Gasteiger partial charge < -0.3 is 10.2 Å². The van der Waals surface area contributed by atoms with Crippen LogP contribution in [0.25, 0.3) is 0 Å². The van der Waals surface area contributed by atoms with Gasteiger partial charge in [0.1, 0.15) is 11.7 Å². The molecule has 0 saturated heterocycles. The number of carboxylic acid groups (broad SMARTS) is 1. The van der Waals surface area contributed by atoms with E-state index < -0.39 is 18.0 Å². The van der Waals surface area contributed by atoms with E-state index in [4.69, 9.17) is 0 Å². The maximum atomic E-state index is 12.2. The Morgan fingerprint density at radius 3 is 1.71 bits per heavy atom. The molecule has 0 aromatic carbocycles. The lowest BCUT2D eigenvalue weighted by atomic mass is 9.90. The van der Waals surface area contributed by atoms with E-state index in [2.05, 4.69) is 13.8 Å². The minimum Gasteiger partial charge on any atom is -0.481 e. The van der Waals surface area contributed by atoms with Crippen LogP contribution in [0.2, 0.25) is 0 Å². The van der Waals surface area contributed by atoms with Crippen LogP contribution in [-0.4, -0.2) is 28.1 Å². The number of hydrogen-bond acceptors (Lipinski definition) is 3. The van der Waals surface area contributed by atoms with Gasteiger partial charge in [-0.15, -0.1) is 0 Å². The molecule has 142 valence electrons. The first kappa shape index (κ1) is 23.1. The van der Waals surface area contributed by atoms with E-state index in [0.717, 1.165) is 51.4 Å². The van der Waals surface area contributed by atoms with Crippen molar-refractivity contribution in [2.24, 2.45) is 5.92 Å². The Kier molecular flexibility index (Phi) is 15.0. The highest BCUT2D eigenvalue weighted by atomic mass is 16.4. The fourth-order valence-corrected chi connectivity index (χ4v) is 3.05. The maximum absolute atomic E-state index is 12.2. The Hall–Kier alpha value is -0.900. The van der Waals surface area contributed by atoms with Crippen molar-refractivity contribution in [3.8, 4) is 0 Å². The zero-order valence-electron chi connectivity index (χ0n) is 15.8. The molecule has 0 bridgehead atoms. The third-order valence-corrected chi connectivity index (χ3v) is 4.63. The number of hydrogen-bond donors (Lipinski definition) is 2. The van der Waals surface area contributed by atoms with Crippen molar-refractivity contribution in [3.63, 3.8) is 0 Å². The monoisotopic (exact) mass is 342 g/mol. The number of carbonyl (C=O) groups is 2. The van der Waals surface area contributed by atoms with Gasteiger partial charge >= 0.3 is 5.97 Å². The summed E-state index contributed by atoms with van der Waals surface area (Å²) in [4.78, 5) is 23.5. The second-order valence-electron chi connectivity index (χ2n) is 6.92. The van der Waals surface area contributed by atoms with Crippen LogP contribution in [0.15, 0.2) is 0 Å². The summed E-state index contributed by atoms with van der Waals surface area (Å²) in [6, 6.07) is 0. The largest absolute Gasteiger partial charge is 0.481 e. The predicted octanol–water partition coefficient (Wildman–Crippen LogP) is 5.12. The summed E-state index contributed by atoms with van der Waals surface area (Å²) in [6.45, 7) is 4.32. The number of Topliss-reactive ketones (excluding diaryl/α,β-unsaturated/α-hetero) is 1. The van der Waals surface area contributed by atoms with E-state index in [1.807, 2.05) is 0 Å². The minimum atomic E-state index is -1.24. The summed E-state index contributed by atoms with van der Waals surface area (Å²) < 4.78 is 0. The van der Waals surface area contributed by atoms with Crippen LogP contribution in [-0.2, 0) is 9.59 Å². The number of rotatable bonds is 17. The number of unbranched alkanes of at least 4 members (excludes halogenated alkanes) is 10. The molecular formula is C20H38O4. The van der Waals surface area contributed by atoms with E-state index in [1.165, 1.54) is 25.7 Å². The Balaban J connectivity index is 4.01. The van der Waals surface area contributed by atoms with Gasteiger partial charge in [0.2, 0.25) is 0 Å². The van der Waals surface area contributed by atoms with Gasteiger partial charge in [-0.3, -0.25) is 9.59 Å². The summed E-state index contributed by atoms with van der Waals surface area (Å²) in [5, 5.41) is 19.4. The molecule has 0 heterocycles. The third kappa shape index (κ3) is 11.6. The van der Waals surface area contributed by atoms with Gasteiger partial charge in [0.05, 0.1) is 6.10 Å². The average molecular weight is 343 g/mol. The summed E-state index contributed by atoms with van der Waals surface area (Å²) in [5.74, 6) is -2.72. The highest BCUT2D eigenvalue weighted by Crippen LogP contribution is 2.18. The Morgan fingerprint density at radius 1 is 0.750 bits per heavy atom. The third-order valence-electron chi connectivity index (χ3n) is 4.63. The number of carbonyl (C=O) groups excluding carboxylic acids is 1. The molecule has 0 radical (unpaired) electrons. The molecular weight excluding hydrogens is 304 g/mol. The first-order valence-corrected chi connectivity index (χ1v) is 9.98. The molecule has 0 aliphatic rings. The second-order valence-corrected chi connectivity index (χ2v) is 6.92. The van der Waals surface area contributed by atoms with Crippen LogP contribution in [0, 0.1) is 5.92 Å². The Bertz CT molecular complexity index is 328. The quantitative estimate of drug-likeness (QED) is 0.284. The van der Waals surface area contributed by atoms with E-state index in [0.29, 0.717) is 6.42 Å². The summed E-state index contributed by atoms with van der Waals surface area (Å²) in [7, 11) is 0. The van der Waals surface area contributed by atoms with Gasteiger partial charge in [-0.05, 0) is 12.8 Å². The highest BCUT2D eigenvalue weighted by molar-refractivity contribution is 5.98. The second kappa shape index (κ2) is 15.6. The van der Waals surface area contributed by atoms with Crippen molar-refractivity contribution in [2.45, 2.75) is 110 Å². The topological polar surface area (TPSA) is 74.6 Å². The number of aliphatic hydroxyl groups is 1. The van der Waals surface area contributed by atoms with Gasteiger partial charge in [0.15, 0.2) is 0 Å². The minimum absolute atomic E-state index is 0.275. The lowest BCUT2D eigenvalue weighted by molar-refractivity contribution is -0.151. The highest BCUT2D eigenvalue weighted by Gasteiger charge is 2.32. The summed E-state index contributed by atoms with van der Waals surface area (Å²) >= 11 is 0. The molecule has 4 heteroatoms. The molecule has 0 aliphatic heterocycles. The van der Waals surface area contributed by atoms with E-state index in [1.54, 1.807) is 0 Å². The molecule has 0 rings (SSSR count). The molecule has 0 aromatic rings. The van der Waals surface area contributed by atoms with Gasteiger partial charge in [0, 0.05) is 6.42 Å². The van der Waals surface area contributed by atoms with Crippen LogP contribution in [0.5, 0.6) is 0 Å². The van der Waals surface area contributed by atoms with Crippen molar-refractivity contribution in [3.05, 3.63) is 0 Å². The smallest absolute Gasteiger partial charge is 0.316 e. The van der Waals surface area contributed by atoms with Crippen molar-refractivity contribution >= 4 is 11.8 Å². The number of aliphatic hydroxyl groups excluding tert-OH is 1. The van der Waals surface area contributed by atoms with Crippen LogP contribution in [0.1, 0.15) is 104 Å². The molecule has 0 fully saturated rings. The fraction of sp³-hybridized carbons (Fsp3) is 0.900. The normalized spacial score (nSPS) is 13.6. The first-order valence-electron chi connectivity index (χ1n) is 9.98. The van der Waals surface area contributed by atoms with Crippen molar-refractivity contribution in [1.29, 1.82) is 0 Å². The molecule has 0 aromatic heterocycles. The number of ketones is 1. The Morgan fingerprint density at radius 2 is 1.21 bits per heavy atom. The summed E-state index contributed by atoms with van der Waals surface area (Å²) in [6.07, 6.45) is 12.5. The first-order chi connectivity index (χ1) is 11.5. The van der Waals surface area contributed by atoms with Crippen molar-refractivity contribution in [2.75, 3.05) is 0 Å². The van der Waals surface area contributed by atoms with Gasteiger partial charge in [-0.2, -0.15) is 0 Å². The van der Waals surface area contributed by atoms with Crippen LogP contribution in [0.3, 0.4) is 0 Å². The lowest BCUT2D eigenvalue weighted by Crippen LogP contribution is -2.35. The van der Waals surface area contributed by atoms with Crippen LogP contribution >= 0.6 is 0 Å². The van der Waals surface area contributed by atoms with Gasteiger partial charge in [0.25, 0.3) is 0 Å². The molecule has 0 aliphatic carbocycles. The van der Waals surface area contributed by atoms with Gasteiger partial charge in [-0.25, -0.2) is 0 Å². The SMILES string of the molecule is CCCCCCCCCC(=O)C(C(=O)O)C(O)CCCCCCC. The predicted molar refractivity (Wildman–Crippen MR) is 98.1 cm³/mol. The molecule has 2 atom stereocenters. The molecule has 0 spiro atoms. The standard InChI is InChI=1S/C20H38O4/c1-3-5-7-9-10-12-14-16-18(22)19(20(23)24)17(21)15-13-11-8-6-4-2/h17,19,21H,3-16H2,1-2H3,(H,23,24). The van der Waals surface area contributed by atoms with E-state index in [-0.39, 0.29) is 12.2 Å². The van der Waals surface area contributed by atoms with E-state index in [9.17, 15) is 19.8 Å². The van der Waals surface area contributed by atoms with Crippen LogP contribution in [0.4, 0.5) is 0 Å². The van der Waals surface area contributed by atoms with E-state index >= 15 is 0 Å². The zero-order chi connectivity index (χ0) is 18.2. The molecule has 0 saturated carbocycles.